The van der Waals surface area contributed by atoms with Gasteiger partial charge in [0.25, 0.3) is 0 Å². The van der Waals surface area contributed by atoms with Crippen molar-refractivity contribution in [1.82, 2.24) is 15.0 Å². The second-order valence-electron chi connectivity index (χ2n) is 6.01. The molecule has 7 heteroatoms. The number of aromatic carboxylic acids is 1. The predicted octanol–water partition coefficient (Wildman–Crippen LogP) is 4.59. The fourth-order valence-corrected chi connectivity index (χ4v) is 2.97. The molecule has 0 saturated carbocycles. The Hall–Kier alpha value is -3.38. The molecule has 0 amide bonds. The molecular weight excluding hydrogens is 364 g/mol. The highest BCUT2D eigenvalue weighted by Gasteiger charge is 2.10. The molecular formula is C20H15ClN4O2. The maximum absolute atomic E-state index is 11.2. The Morgan fingerprint density at radius 3 is 2.81 bits per heavy atom. The second-order valence-corrected chi connectivity index (χ2v) is 6.42. The summed E-state index contributed by atoms with van der Waals surface area (Å²) in [5.41, 5.74) is 4.05. The van der Waals surface area contributed by atoms with Crippen LogP contribution in [0.3, 0.4) is 0 Å². The van der Waals surface area contributed by atoms with Gasteiger partial charge in [0.1, 0.15) is 5.82 Å². The first-order chi connectivity index (χ1) is 13.1. The van der Waals surface area contributed by atoms with Crippen LogP contribution in [0.2, 0.25) is 5.02 Å². The molecule has 0 saturated heterocycles. The second kappa shape index (κ2) is 7.09. The summed E-state index contributed by atoms with van der Waals surface area (Å²) in [6, 6.07) is 16.2. The number of hydrogen-bond acceptors (Lipinski definition) is 4. The van der Waals surface area contributed by atoms with Crippen molar-refractivity contribution in [3.05, 3.63) is 76.9 Å². The standard InChI is InChI=1S/C20H15ClN4O2/c21-16-7-2-1-4-14(16)10-22-15-9-17-19(23-11-15)25-18(24-17)12-5-3-6-13(8-12)20(26)27/h1-9,11,22H,10H2,(H,26,27)(H,23,24,25). The van der Waals surface area contributed by atoms with E-state index >= 15 is 0 Å². The molecule has 0 atom stereocenters. The van der Waals surface area contributed by atoms with Crippen LogP contribution in [-0.4, -0.2) is 26.0 Å². The van der Waals surface area contributed by atoms with E-state index in [1.807, 2.05) is 30.3 Å². The van der Waals surface area contributed by atoms with Crippen molar-refractivity contribution in [1.29, 1.82) is 0 Å². The van der Waals surface area contributed by atoms with E-state index in [0.717, 1.165) is 16.8 Å². The average Bonchev–Trinajstić information content (AvgIpc) is 3.11. The molecule has 0 aliphatic carbocycles. The van der Waals surface area contributed by atoms with Crippen molar-refractivity contribution in [2.24, 2.45) is 0 Å². The molecule has 0 fully saturated rings. The van der Waals surface area contributed by atoms with Gasteiger partial charge in [-0.05, 0) is 29.8 Å². The number of pyridine rings is 1. The van der Waals surface area contributed by atoms with E-state index in [4.69, 9.17) is 16.7 Å². The zero-order chi connectivity index (χ0) is 18.8. The molecule has 27 heavy (non-hydrogen) atoms. The van der Waals surface area contributed by atoms with Crippen LogP contribution in [0, 0.1) is 0 Å². The lowest BCUT2D eigenvalue weighted by Crippen LogP contribution is -2.00. The fraction of sp³-hybridized carbons (Fsp3) is 0.0500. The lowest BCUT2D eigenvalue weighted by Gasteiger charge is -2.07. The van der Waals surface area contributed by atoms with Crippen LogP contribution in [-0.2, 0) is 6.54 Å². The van der Waals surface area contributed by atoms with Gasteiger partial charge in [-0.25, -0.2) is 14.8 Å². The molecule has 0 aliphatic rings. The molecule has 2 aromatic heterocycles. The van der Waals surface area contributed by atoms with Crippen LogP contribution in [0.4, 0.5) is 5.69 Å². The minimum absolute atomic E-state index is 0.211. The molecule has 3 N–H and O–H groups in total. The number of rotatable bonds is 5. The summed E-state index contributed by atoms with van der Waals surface area (Å²) in [7, 11) is 0. The topological polar surface area (TPSA) is 90.9 Å². The van der Waals surface area contributed by atoms with E-state index in [1.165, 1.54) is 0 Å². The Kier molecular flexibility index (Phi) is 4.48. The predicted molar refractivity (Wildman–Crippen MR) is 105 cm³/mol. The number of H-pyrrole nitrogens is 1. The van der Waals surface area contributed by atoms with Gasteiger partial charge in [0.2, 0.25) is 0 Å². The molecule has 4 aromatic rings. The summed E-state index contributed by atoms with van der Waals surface area (Å²) in [4.78, 5) is 23.2. The quantitative estimate of drug-likeness (QED) is 0.472. The minimum atomic E-state index is -0.975. The third-order valence-electron chi connectivity index (χ3n) is 4.16. The highest BCUT2D eigenvalue weighted by atomic mass is 35.5. The summed E-state index contributed by atoms with van der Waals surface area (Å²) in [6.07, 6.45) is 1.71. The highest BCUT2D eigenvalue weighted by molar-refractivity contribution is 6.31. The van der Waals surface area contributed by atoms with Gasteiger partial charge in [-0.1, -0.05) is 41.9 Å². The number of benzene rings is 2. The van der Waals surface area contributed by atoms with Crippen LogP contribution in [0.25, 0.3) is 22.6 Å². The van der Waals surface area contributed by atoms with Crippen molar-refractivity contribution < 1.29 is 9.90 Å². The Morgan fingerprint density at radius 1 is 1.15 bits per heavy atom. The molecule has 0 unspecified atom stereocenters. The number of aromatic nitrogens is 3. The van der Waals surface area contributed by atoms with Gasteiger partial charge in [0, 0.05) is 17.1 Å². The van der Waals surface area contributed by atoms with Crippen molar-refractivity contribution >= 4 is 34.4 Å². The Morgan fingerprint density at radius 2 is 2.00 bits per heavy atom. The number of halogens is 1. The van der Waals surface area contributed by atoms with Gasteiger partial charge in [0.15, 0.2) is 5.65 Å². The van der Waals surface area contributed by atoms with Crippen LogP contribution in [0.5, 0.6) is 0 Å². The number of imidazole rings is 1. The maximum atomic E-state index is 11.2. The zero-order valence-electron chi connectivity index (χ0n) is 14.1. The van der Waals surface area contributed by atoms with E-state index in [2.05, 4.69) is 20.3 Å². The first kappa shape index (κ1) is 17.1. The average molecular weight is 379 g/mol. The molecule has 0 spiro atoms. The summed E-state index contributed by atoms with van der Waals surface area (Å²) >= 11 is 6.18. The van der Waals surface area contributed by atoms with Gasteiger partial charge >= 0.3 is 5.97 Å². The summed E-state index contributed by atoms with van der Waals surface area (Å²) < 4.78 is 0. The van der Waals surface area contributed by atoms with Crippen molar-refractivity contribution in [3.8, 4) is 11.4 Å². The summed E-state index contributed by atoms with van der Waals surface area (Å²) in [5.74, 6) is -0.402. The van der Waals surface area contributed by atoms with Gasteiger partial charge < -0.3 is 15.4 Å². The number of fused-ring (bicyclic) bond motifs is 1. The molecule has 134 valence electrons. The van der Waals surface area contributed by atoms with Gasteiger partial charge in [-0.2, -0.15) is 0 Å². The molecule has 0 radical (unpaired) electrons. The Labute approximate surface area is 159 Å². The molecule has 2 aromatic carbocycles. The smallest absolute Gasteiger partial charge is 0.335 e. The SMILES string of the molecule is O=C(O)c1cccc(-c2nc3ncc(NCc4ccccc4Cl)cc3[nH]2)c1. The molecule has 6 nitrogen and oxygen atoms in total. The molecule has 0 aliphatic heterocycles. The van der Waals surface area contributed by atoms with E-state index in [0.29, 0.717) is 28.6 Å². The molecule has 0 bridgehead atoms. The van der Waals surface area contributed by atoms with E-state index < -0.39 is 5.97 Å². The number of hydrogen-bond donors (Lipinski definition) is 3. The Balaban J connectivity index is 1.59. The first-order valence-corrected chi connectivity index (χ1v) is 8.65. The van der Waals surface area contributed by atoms with Gasteiger partial charge in [0.05, 0.1) is 23.0 Å². The van der Waals surface area contributed by atoms with E-state index in [-0.39, 0.29) is 5.56 Å². The van der Waals surface area contributed by atoms with Crippen LogP contribution < -0.4 is 5.32 Å². The van der Waals surface area contributed by atoms with Crippen molar-refractivity contribution in [2.45, 2.75) is 6.54 Å². The van der Waals surface area contributed by atoms with E-state index in [1.54, 1.807) is 30.5 Å². The summed E-state index contributed by atoms with van der Waals surface area (Å²) in [6.45, 7) is 0.578. The van der Waals surface area contributed by atoms with Crippen molar-refractivity contribution in [2.75, 3.05) is 5.32 Å². The number of aromatic amines is 1. The largest absolute Gasteiger partial charge is 0.478 e. The monoisotopic (exact) mass is 378 g/mol. The minimum Gasteiger partial charge on any atom is -0.478 e. The third-order valence-corrected chi connectivity index (χ3v) is 4.53. The van der Waals surface area contributed by atoms with Crippen LogP contribution in [0.1, 0.15) is 15.9 Å². The Bertz CT molecular complexity index is 1140. The number of nitrogens with zero attached hydrogens (tertiary/aromatic N) is 2. The fourth-order valence-electron chi connectivity index (χ4n) is 2.77. The van der Waals surface area contributed by atoms with Gasteiger partial charge in [-0.3, -0.25) is 0 Å². The van der Waals surface area contributed by atoms with Crippen LogP contribution in [0.15, 0.2) is 60.8 Å². The number of carboxylic acid groups (broad SMARTS) is 1. The van der Waals surface area contributed by atoms with Crippen molar-refractivity contribution in [3.63, 3.8) is 0 Å². The lowest BCUT2D eigenvalue weighted by molar-refractivity contribution is 0.0697. The number of carbonyl (C=O) groups is 1. The first-order valence-electron chi connectivity index (χ1n) is 8.27. The molecule has 4 rings (SSSR count). The third kappa shape index (κ3) is 3.61. The van der Waals surface area contributed by atoms with Crippen LogP contribution >= 0.6 is 11.6 Å². The maximum Gasteiger partial charge on any atom is 0.335 e. The number of anilines is 1. The number of nitrogens with one attached hydrogen (secondary N) is 2. The summed E-state index contributed by atoms with van der Waals surface area (Å²) in [5, 5.41) is 13.1. The zero-order valence-corrected chi connectivity index (χ0v) is 14.9. The van der Waals surface area contributed by atoms with E-state index in [9.17, 15) is 4.79 Å². The molecule has 2 heterocycles. The van der Waals surface area contributed by atoms with Gasteiger partial charge in [-0.15, -0.1) is 0 Å². The normalized spacial score (nSPS) is 10.9. The highest BCUT2D eigenvalue weighted by Crippen LogP contribution is 2.23. The number of carboxylic acids is 1. The lowest BCUT2D eigenvalue weighted by atomic mass is 10.1.